The van der Waals surface area contributed by atoms with Crippen molar-refractivity contribution in [2.24, 2.45) is 5.16 Å². The topological polar surface area (TPSA) is 53.9 Å². The molecule has 1 saturated heterocycles. The minimum Gasteiger partial charge on any atom is -0.311 e. The van der Waals surface area contributed by atoms with E-state index in [1.54, 1.807) is 23.2 Å². The maximum absolute atomic E-state index is 12.5. The van der Waals surface area contributed by atoms with Gasteiger partial charge in [0.15, 0.2) is 4.32 Å². The fourth-order valence-corrected chi connectivity index (χ4v) is 4.56. The van der Waals surface area contributed by atoms with Crippen LogP contribution < -0.4 is 5.43 Å². The Morgan fingerprint density at radius 2 is 1.93 bits per heavy atom. The molecule has 1 aromatic heterocycles. The van der Waals surface area contributed by atoms with E-state index in [1.807, 2.05) is 25.2 Å². The summed E-state index contributed by atoms with van der Waals surface area (Å²) in [5.74, 6) is -0.478. The highest BCUT2D eigenvalue weighted by molar-refractivity contribution is 8.33. The Morgan fingerprint density at radius 3 is 2.54 bits per heavy atom. The van der Waals surface area contributed by atoms with Gasteiger partial charge in [-0.25, -0.2) is 10.2 Å². The average Bonchev–Trinajstić information content (AvgIpc) is 3.13. The fourth-order valence-electron chi connectivity index (χ4n) is 2.44. The van der Waals surface area contributed by atoms with Gasteiger partial charge in [-0.1, -0.05) is 61.9 Å². The summed E-state index contributed by atoms with van der Waals surface area (Å²) in [5.41, 5.74) is 4.17. The molecule has 148 valence electrons. The number of nitrogens with zero attached hydrogens (tertiary/aromatic N) is 2. The Hall–Kier alpha value is -1.45. The number of hydrazine groups is 1. The lowest BCUT2D eigenvalue weighted by molar-refractivity contribution is 0.0521. The van der Waals surface area contributed by atoms with Crippen LogP contribution in [0.25, 0.3) is 0 Å². The first-order chi connectivity index (χ1) is 13.1. The Bertz CT molecular complexity index is 919. The second-order valence-electron chi connectivity index (χ2n) is 7.26. The van der Waals surface area contributed by atoms with E-state index in [2.05, 4.69) is 31.4 Å². The number of benzene rings is 1. The maximum Gasteiger partial charge on any atom is 0.375 e. The van der Waals surface area contributed by atoms with Gasteiger partial charge < -0.3 is 4.84 Å². The van der Waals surface area contributed by atoms with E-state index < -0.39 is 5.97 Å². The van der Waals surface area contributed by atoms with Crippen LogP contribution in [0, 0.1) is 0 Å². The van der Waals surface area contributed by atoms with Crippen LogP contribution in [-0.2, 0) is 10.3 Å². The largest absolute Gasteiger partial charge is 0.375 e. The van der Waals surface area contributed by atoms with Crippen LogP contribution in [0.4, 0.5) is 0 Å². The van der Waals surface area contributed by atoms with E-state index in [0.717, 1.165) is 10.4 Å². The van der Waals surface area contributed by atoms with Gasteiger partial charge in [0.05, 0.1) is 0 Å². The first kappa shape index (κ1) is 21.3. The van der Waals surface area contributed by atoms with Crippen molar-refractivity contribution in [1.29, 1.82) is 0 Å². The van der Waals surface area contributed by atoms with E-state index >= 15 is 0 Å². The summed E-state index contributed by atoms with van der Waals surface area (Å²) in [5, 5.41) is 7.08. The molecular formula is C19H20ClN3O2S3. The lowest BCUT2D eigenvalue weighted by atomic mass is 9.95. The van der Waals surface area contributed by atoms with Gasteiger partial charge in [-0.2, -0.15) is 0 Å². The van der Waals surface area contributed by atoms with Gasteiger partial charge in [-0.3, -0.25) is 5.01 Å². The quantitative estimate of drug-likeness (QED) is 0.382. The summed E-state index contributed by atoms with van der Waals surface area (Å²) in [6.45, 7) is 6.31. The van der Waals surface area contributed by atoms with Crippen LogP contribution in [0.3, 0.4) is 0 Å². The molecule has 1 fully saturated rings. The van der Waals surface area contributed by atoms with Gasteiger partial charge in [0.1, 0.15) is 16.0 Å². The zero-order valence-corrected chi connectivity index (χ0v) is 19.1. The predicted molar refractivity (Wildman–Crippen MR) is 121 cm³/mol. The molecule has 5 nitrogen and oxygen atoms in total. The first-order valence-electron chi connectivity index (χ1n) is 8.52. The molecule has 1 N–H and O–H groups in total. The molecule has 0 unspecified atom stereocenters. The molecule has 0 bridgehead atoms. The van der Waals surface area contributed by atoms with Crippen molar-refractivity contribution in [3.05, 3.63) is 56.7 Å². The van der Waals surface area contributed by atoms with Crippen molar-refractivity contribution in [3.8, 4) is 0 Å². The van der Waals surface area contributed by atoms with Gasteiger partial charge in [0, 0.05) is 16.9 Å². The van der Waals surface area contributed by atoms with Crippen molar-refractivity contribution in [1.82, 2.24) is 10.4 Å². The van der Waals surface area contributed by atoms with Crippen LogP contribution in [0.1, 0.15) is 46.9 Å². The van der Waals surface area contributed by atoms with Crippen molar-refractivity contribution in [3.63, 3.8) is 0 Å². The normalized spacial score (nSPS) is 19.2. The van der Waals surface area contributed by atoms with Gasteiger partial charge in [0.2, 0.25) is 0 Å². The minimum absolute atomic E-state index is 0.0192. The Kier molecular flexibility index (Phi) is 6.46. The van der Waals surface area contributed by atoms with Gasteiger partial charge in [-0.15, -0.1) is 11.3 Å². The van der Waals surface area contributed by atoms with Crippen LogP contribution in [-0.4, -0.2) is 27.4 Å². The van der Waals surface area contributed by atoms with Gasteiger partial charge in [-0.05, 0) is 47.0 Å². The number of carbonyl (C=O) groups excluding carboxylic acids is 1. The van der Waals surface area contributed by atoms with E-state index in [4.69, 9.17) is 28.7 Å². The number of oxime groups is 1. The second-order valence-corrected chi connectivity index (χ2v) is 10.4. The number of thiocarbonyl (C=S) groups is 1. The Balaban J connectivity index is 1.80. The summed E-state index contributed by atoms with van der Waals surface area (Å²) in [4.78, 5) is 19.3. The van der Waals surface area contributed by atoms with Crippen LogP contribution in [0.2, 0.25) is 5.02 Å². The van der Waals surface area contributed by atoms with E-state index in [1.165, 1.54) is 23.1 Å². The molecule has 2 heterocycles. The SMILES string of the molecule is CN1N[C@H](c2ccc(Cl)cc2)/C(=N/OC(=O)c2ccc(C(C)(C)C)s2)SC1=S. The molecule has 1 aromatic carbocycles. The summed E-state index contributed by atoms with van der Waals surface area (Å²) >= 11 is 14.0. The smallest absolute Gasteiger partial charge is 0.311 e. The lowest BCUT2D eigenvalue weighted by Gasteiger charge is -2.33. The van der Waals surface area contributed by atoms with Crippen molar-refractivity contribution < 1.29 is 9.63 Å². The Morgan fingerprint density at radius 1 is 1.25 bits per heavy atom. The number of nitrogens with one attached hydrogen (secondary N) is 1. The summed E-state index contributed by atoms with van der Waals surface area (Å²) < 4.78 is 0.589. The highest BCUT2D eigenvalue weighted by Gasteiger charge is 2.30. The van der Waals surface area contributed by atoms with Crippen LogP contribution in [0.5, 0.6) is 0 Å². The second kappa shape index (κ2) is 8.51. The number of thioether (sulfide) groups is 1. The third kappa shape index (κ3) is 4.93. The summed E-state index contributed by atoms with van der Waals surface area (Å²) in [6, 6.07) is 10.8. The molecule has 0 aliphatic carbocycles. The molecular weight excluding hydrogens is 434 g/mol. The van der Waals surface area contributed by atoms with Gasteiger partial charge >= 0.3 is 5.97 Å². The van der Waals surface area contributed by atoms with Crippen molar-refractivity contribution in [2.75, 3.05) is 7.05 Å². The van der Waals surface area contributed by atoms with E-state index in [-0.39, 0.29) is 11.5 Å². The van der Waals surface area contributed by atoms with E-state index in [9.17, 15) is 4.79 Å². The number of hydrogen-bond acceptors (Lipinski definition) is 7. The van der Waals surface area contributed by atoms with Crippen molar-refractivity contribution in [2.45, 2.75) is 32.2 Å². The number of carbonyl (C=O) groups is 1. The first-order valence-corrected chi connectivity index (χ1v) is 10.9. The van der Waals surface area contributed by atoms with E-state index in [0.29, 0.717) is 19.3 Å². The zero-order chi connectivity index (χ0) is 20.5. The molecule has 28 heavy (non-hydrogen) atoms. The Labute approximate surface area is 183 Å². The third-order valence-corrected chi connectivity index (χ3v) is 7.24. The monoisotopic (exact) mass is 453 g/mol. The zero-order valence-electron chi connectivity index (χ0n) is 15.9. The molecule has 1 aliphatic heterocycles. The maximum atomic E-state index is 12.5. The number of thiophene rings is 1. The molecule has 2 aromatic rings. The highest BCUT2D eigenvalue weighted by Crippen LogP contribution is 2.31. The molecule has 9 heteroatoms. The predicted octanol–water partition coefficient (Wildman–Crippen LogP) is 5.38. The molecule has 0 radical (unpaired) electrons. The number of hydrogen-bond donors (Lipinski definition) is 1. The standard InChI is InChI=1S/C19H20ClN3O2S3/c1-19(2,3)14-10-9-13(27-14)17(24)25-22-16-15(21-23(4)18(26)28-16)11-5-7-12(20)8-6-11/h5-10,15,21H,1-4H3/b22-16-/t15-/m1/s1. The molecule has 3 rings (SSSR count). The molecule has 0 spiro atoms. The third-order valence-electron chi connectivity index (χ3n) is 4.00. The molecule has 0 amide bonds. The molecule has 1 atom stereocenters. The lowest BCUT2D eigenvalue weighted by Crippen LogP contribution is -2.47. The van der Waals surface area contributed by atoms with Crippen LogP contribution in [0.15, 0.2) is 41.6 Å². The number of rotatable bonds is 3. The highest BCUT2D eigenvalue weighted by atomic mass is 35.5. The fraction of sp³-hybridized carbons (Fsp3) is 0.316. The minimum atomic E-state index is -0.478. The summed E-state index contributed by atoms with van der Waals surface area (Å²) in [7, 11) is 1.83. The van der Waals surface area contributed by atoms with Crippen molar-refractivity contribution >= 4 is 62.3 Å². The average molecular weight is 454 g/mol. The molecule has 0 saturated carbocycles. The van der Waals surface area contributed by atoms with Crippen LogP contribution >= 0.6 is 46.9 Å². The van der Waals surface area contributed by atoms with Gasteiger partial charge in [0.25, 0.3) is 0 Å². The molecule has 1 aliphatic rings. The summed E-state index contributed by atoms with van der Waals surface area (Å²) in [6.07, 6.45) is 0. The number of halogens is 1.